The van der Waals surface area contributed by atoms with E-state index in [0.29, 0.717) is 37.7 Å². The second-order valence-electron chi connectivity index (χ2n) is 6.52. The third kappa shape index (κ3) is 5.23. The molecule has 2 aromatic rings. The standard InChI is InChI=1S/C18H20ClF3N8/c19-14-9-11(18(20,21)22)10-26-15(14)30-7-5-29(6-8-30)13-3-1-12(2-4-13)27-17(25)28-16(23)24/h1-4,9-10H,5-8H2,(H6,23,24,25,27,28). The van der Waals surface area contributed by atoms with Crippen molar-refractivity contribution in [3.63, 3.8) is 0 Å². The van der Waals surface area contributed by atoms with Crippen LogP contribution in [0.5, 0.6) is 0 Å². The number of aromatic nitrogens is 1. The molecule has 2 heterocycles. The first-order chi connectivity index (χ1) is 14.1. The average Bonchev–Trinajstić information content (AvgIpc) is 2.67. The second-order valence-corrected chi connectivity index (χ2v) is 6.93. The van der Waals surface area contributed by atoms with Crippen LogP contribution in [0.15, 0.2) is 46.5 Å². The van der Waals surface area contributed by atoms with Crippen LogP contribution in [-0.2, 0) is 6.18 Å². The molecule has 0 atom stereocenters. The predicted octanol–water partition coefficient (Wildman–Crippen LogP) is 2.30. The molecule has 1 aromatic carbocycles. The summed E-state index contributed by atoms with van der Waals surface area (Å²) < 4.78 is 38.4. The van der Waals surface area contributed by atoms with Crippen LogP contribution in [0.4, 0.5) is 30.4 Å². The molecule has 6 N–H and O–H groups in total. The number of aliphatic imine (C=N–C) groups is 2. The topological polar surface area (TPSA) is 122 Å². The van der Waals surface area contributed by atoms with Crippen LogP contribution in [0.1, 0.15) is 5.56 Å². The van der Waals surface area contributed by atoms with Crippen molar-refractivity contribution in [2.45, 2.75) is 6.18 Å². The number of pyridine rings is 1. The lowest BCUT2D eigenvalue weighted by Gasteiger charge is -2.37. The van der Waals surface area contributed by atoms with Crippen LogP contribution in [-0.4, -0.2) is 43.1 Å². The van der Waals surface area contributed by atoms with Gasteiger partial charge in [-0.15, -0.1) is 0 Å². The molecule has 160 valence electrons. The number of guanidine groups is 2. The zero-order valence-electron chi connectivity index (χ0n) is 15.8. The number of anilines is 2. The summed E-state index contributed by atoms with van der Waals surface area (Å²) in [6.45, 7) is 2.43. The largest absolute Gasteiger partial charge is 0.417 e. The van der Waals surface area contributed by atoms with Crippen LogP contribution >= 0.6 is 11.6 Å². The van der Waals surface area contributed by atoms with E-state index in [1.54, 1.807) is 12.1 Å². The fraction of sp³-hybridized carbons (Fsp3) is 0.278. The highest BCUT2D eigenvalue weighted by Crippen LogP contribution is 2.34. The molecule has 0 aliphatic carbocycles. The number of hydrogen-bond donors (Lipinski definition) is 3. The lowest BCUT2D eigenvalue weighted by atomic mass is 10.2. The number of alkyl halides is 3. The molecule has 0 bridgehead atoms. The molecule has 0 unspecified atom stereocenters. The molecular weight excluding hydrogens is 421 g/mol. The summed E-state index contributed by atoms with van der Waals surface area (Å²) in [5.41, 5.74) is 16.8. The minimum Gasteiger partial charge on any atom is -0.370 e. The molecule has 1 saturated heterocycles. The fourth-order valence-corrected chi connectivity index (χ4v) is 3.31. The number of rotatable bonds is 3. The van der Waals surface area contributed by atoms with Gasteiger partial charge in [-0.25, -0.2) is 9.98 Å². The van der Waals surface area contributed by atoms with Crippen LogP contribution in [0.3, 0.4) is 0 Å². The second kappa shape index (κ2) is 8.66. The monoisotopic (exact) mass is 440 g/mol. The van der Waals surface area contributed by atoms with Gasteiger partial charge >= 0.3 is 6.18 Å². The Labute approximate surface area is 175 Å². The van der Waals surface area contributed by atoms with Gasteiger partial charge in [0.05, 0.1) is 16.3 Å². The number of benzene rings is 1. The van der Waals surface area contributed by atoms with Crippen molar-refractivity contribution in [1.82, 2.24) is 4.98 Å². The van der Waals surface area contributed by atoms with Crippen LogP contribution in [0.25, 0.3) is 0 Å². The molecule has 0 amide bonds. The van der Waals surface area contributed by atoms with Crippen molar-refractivity contribution in [3.8, 4) is 0 Å². The van der Waals surface area contributed by atoms with Gasteiger partial charge in [-0.3, -0.25) is 0 Å². The Hall–Kier alpha value is -3.21. The molecule has 3 rings (SSSR count). The van der Waals surface area contributed by atoms with E-state index < -0.39 is 11.7 Å². The van der Waals surface area contributed by atoms with Crippen molar-refractivity contribution >= 4 is 40.7 Å². The SMILES string of the molecule is NC(N)=NC(N)=Nc1ccc(N2CCN(c3ncc(C(F)(F)F)cc3Cl)CC2)cc1. The molecule has 0 saturated carbocycles. The third-order valence-electron chi connectivity index (χ3n) is 4.43. The van der Waals surface area contributed by atoms with Gasteiger partial charge in [-0.1, -0.05) is 11.6 Å². The Bertz CT molecular complexity index is 947. The van der Waals surface area contributed by atoms with E-state index in [-0.39, 0.29) is 16.9 Å². The first-order valence-corrected chi connectivity index (χ1v) is 9.28. The molecule has 0 spiro atoms. The maximum absolute atomic E-state index is 12.8. The first-order valence-electron chi connectivity index (χ1n) is 8.90. The maximum Gasteiger partial charge on any atom is 0.417 e. The van der Waals surface area contributed by atoms with E-state index in [4.69, 9.17) is 28.8 Å². The number of nitrogens with zero attached hydrogens (tertiary/aromatic N) is 5. The maximum atomic E-state index is 12.8. The molecule has 8 nitrogen and oxygen atoms in total. The van der Waals surface area contributed by atoms with Gasteiger partial charge in [0.15, 0.2) is 5.96 Å². The smallest absolute Gasteiger partial charge is 0.370 e. The van der Waals surface area contributed by atoms with E-state index in [0.717, 1.165) is 18.0 Å². The van der Waals surface area contributed by atoms with Crippen molar-refractivity contribution in [3.05, 3.63) is 47.1 Å². The summed E-state index contributed by atoms with van der Waals surface area (Å²) in [4.78, 5) is 15.7. The third-order valence-corrected chi connectivity index (χ3v) is 4.71. The molecule has 1 fully saturated rings. The molecular formula is C18H20ClF3N8. The Balaban J connectivity index is 1.64. The molecule has 1 aliphatic heterocycles. The number of halogens is 4. The number of piperazine rings is 1. The van der Waals surface area contributed by atoms with E-state index >= 15 is 0 Å². The van der Waals surface area contributed by atoms with Gasteiger partial charge in [0.1, 0.15) is 5.82 Å². The van der Waals surface area contributed by atoms with Crippen LogP contribution < -0.4 is 27.0 Å². The minimum atomic E-state index is -4.47. The summed E-state index contributed by atoms with van der Waals surface area (Å²) in [6.07, 6.45) is -3.67. The molecule has 0 radical (unpaired) electrons. The first kappa shape index (κ1) is 21.5. The zero-order valence-corrected chi connectivity index (χ0v) is 16.5. The summed E-state index contributed by atoms with van der Waals surface area (Å²) in [7, 11) is 0. The number of hydrogen-bond acceptors (Lipinski definition) is 4. The Morgan fingerprint density at radius 3 is 2.13 bits per heavy atom. The summed E-state index contributed by atoms with van der Waals surface area (Å²) in [5, 5.41) is -0.0150. The van der Waals surface area contributed by atoms with E-state index in [1.807, 2.05) is 17.0 Å². The molecule has 30 heavy (non-hydrogen) atoms. The quantitative estimate of drug-likeness (QED) is 0.497. The highest BCUT2D eigenvalue weighted by Gasteiger charge is 2.32. The van der Waals surface area contributed by atoms with Gasteiger partial charge in [-0.05, 0) is 30.3 Å². The number of nitrogens with two attached hydrogens (primary N) is 3. The molecule has 1 aromatic heterocycles. The molecule has 1 aliphatic rings. The fourth-order valence-electron chi connectivity index (χ4n) is 3.02. The van der Waals surface area contributed by atoms with Crippen molar-refractivity contribution in [2.24, 2.45) is 27.2 Å². The summed E-state index contributed by atoms with van der Waals surface area (Å²) in [6, 6.07) is 8.25. The van der Waals surface area contributed by atoms with Crippen LogP contribution in [0, 0.1) is 0 Å². The van der Waals surface area contributed by atoms with Gasteiger partial charge in [0.25, 0.3) is 0 Å². The van der Waals surface area contributed by atoms with E-state index in [2.05, 4.69) is 19.9 Å². The average molecular weight is 441 g/mol. The summed E-state index contributed by atoms with van der Waals surface area (Å²) in [5.74, 6) is 0.134. The van der Waals surface area contributed by atoms with Crippen molar-refractivity contribution < 1.29 is 13.2 Å². The lowest BCUT2D eigenvalue weighted by Crippen LogP contribution is -2.47. The van der Waals surface area contributed by atoms with Gasteiger partial charge in [0.2, 0.25) is 5.96 Å². The zero-order chi connectivity index (χ0) is 21.9. The summed E-state index contributed by atoms with van der Waals surface area (Å²) >= 11 is 6.05. The van der Waals surface area contributed by atoms with Crippen molar-refractivity contribution in [2.75, 3.05) is 36.0 Å². The Kier molecular flexibility index (Phi) is 6.20. The van der Waals surface area contributed by atoms with Gasteiger partial charge < -0.3 is 27.0 Å². The lowest BCUT2D eigenvalue weighted by molar-refractivity contribution is -0.137. The molecule has 12 heteroatoms. The van der Waals surface area contributed by atoms with Crippen molar-refractivity contribution in [1.29, 1.82) is 0 Å². The van der Waals surface area contributed by atoms with E-state index in [1.165, 1.54) is 0 Å². The Morgan fingerprint density at radius 2 is 1.60 bits per heavy atom. The predicted molar refractivity (Wildman–Crippen MR) is 112 cm³/mol. The highest BCUT2D eigenvalue weighted by molar-refractivity contribution is 6.33. The van der Waals surface area contributed by atoms with E-state index in [9.17, 15) is 13.2 Å². The minimum absolute atomic E-state index is 0.0150. The van der Waals surface area contributed by atoms with Crippen LogP contribution in [0.2, 0.25) is 5.02 Å². The van der Waals surface area contributed by atoms with Gasteiger partial charge in [-0.2, -0.15) is 18.2 Å². The Morgan fingerprint density at radius 1 is 1.00 bits per heavy atom. The highest BCUT2D eigenvalue weighted by atomic mass is 35.5. The van der Waals surface area contributed by atoms with Gasteiger partial charge in [0, 0.05) is 38.1 Å². The normalized spacial score (nSPS) is 15.3.